The molecule has 2 heterocycles. The minimum absolute atomic E-state index is 0.127. The van der Waals surface area contributed by atoms with Crippen molar-refractivity contribution in [2.75, 3.05) is 20.3 Å². The average Bonchev–Trinajstić information content (AvgIpc) is 3.30. The Labute approximate surface area is 145 Å². The number of methoxy groups -OCH3 is 1. The van der Waals surface area contributed by atoms with Crippen molar-refractivity contribution in [3.05, 3.63) is 34.8 Å². The van der Waals surface area contributed by atoms with Crippen molar-refractivity contribution in [3.8, 4) is 16.3 Å². The van der Waals surface area contributed by atoms with Gasteiger partial charge in [0, 0.05) is 23.2 Å². The number of benzene rings is 1. The van der Waals surface area contributed by atoms with Gasteiger partial charge in [0.25, 0.3) is 0 Å². The van der Waals surface area contributed by atoms with Gasteiger partial charge in [0.15, 0.2) is 0 Å². The summed E-state index contributed by atoms with van der Waals surface area (Å²) in [6.45, 7) is 3.38. The zero-order valence-electron chi connectivity index (χ0n) is 13.9. The van der Waals surface area contributed by atoms with Crippen LogP contribution < -0.4 is 4.74 Å². The Morgan fingerprint density at radius 3 is 2.96 bits per heavy atom. The van der Waals surface area contributed by atoms with Gasteiger partial charge in [-0.3, -0.25) is 0 Å². The molecule has 1 atom stereocenters. The molecule has 128 valence electrons. The van der Waals surface area contributed by atoms with E-state index in [9.17, 15) is 4.79 Å². The van der Waals surface area contributed by atoms with Crippen LogP contribution in [-0.4, -0.2) is 37.4 Å². The van der Waals surface area contributed by atoms with Crippen molar-refractivity contribution < 1.29 is 19.0 Å². The number of ether oxygens (including phenoxy) is 3. The summed E-state index contributed by atoms with van der Waals surface area (Å²) in [6.07, 6.45) is 5.02. The lowest BCUT2D eigenvalue weighted by molar-refractivity contribution is 0.0598. The van der Waals surface area contributed by atoms with Gasteiger partial charge in [-0.15, -0.1) is 11.3 Å². The molecule has 0 saturated carbocycles. The van der Waals surface area contributed by atoms with Gasteiger partial charge in [-0.2, -0.15) is 0 Å². The Morgan fingerprint density at radius 2 is 2.29 bits per heavy atom. The minimum atomic E-state index is -0.383. The second-order valence-corrected chi connectivity index (χ2v) is 6.78. The summed E-state index contributed by atoms with van der Waals surface area (Å²) in [4.78, 5) is 17.6. The molecule has 5 nitrogen and oxygen atoms in total. The van der Waals surface area contributed by atoms with E-state index in [0.29, 0.717) is 17.9 Å². The van der Waals surface area contributed by atoms with Crippen LogP contribution in [0, 0.1) is 0 Å². The summed E-state index contributed by atoms with van der Waals surface area (Å²) < 4.78 is 16.3. The Hall–Kier alpha value is -1.92. The third-order valence-corrected chi connectivity index (χ3v) is 5.13. The number of rotatable bonds is 6. The number of aromatic nitrogens is 1. The summed E-state index contributed by atoms with van der Waals surface area (Å²) >= 11 is 1.62. The van der Waals surface area contributed by atoms with Gasteiger partial charge in [-0.1, -0.05) is 6.92 Å². The molecule has 0 N–H and O–H groups in total. The smallest absolute Gasteiger partial charge is 0.338 e. The van der Waals surface area contributed by atoms with Crippen LogP contribution in [0.15, 0.2) is 24.4 Å². The third-order valence-electron chi connectivity index (χ3n) is 3.94. The molecule has 0 radical (unpaired) electrons. The van der Waals surface area contributed by atoms with Crippen molar-refractivity contribution in [3.63, 3.8) is 0 Å². The van der Waals surface area contributed by atoms with Crippen molar-refractivity contribution in [2.24, 2.45) is 0 Å². The molecule has 1 unspecified atom stereocenters. The monoisotopic (exact) mass is 347 g/mol. The van der Waals surface area contributed by atoms with Crippen LogP contribution in [0.4, 0.5) is 0 Å². The third kappa shape index (κ3) is 3.94. The van der Waals surface area contributed by atoms with Gasteiger partial charge in [0.2, 0.25) is 0 Å². The van der Waals surface area contributed by atoms with Crippen LogP contribution in [-0.2, 0) is 15.9 Å². The van der Waals surface area contributed by atoms with Gasteiger partial charge in [-0.05, 0) is 37.5 Å². The van der Waals surface area contributed by atoms with Crippen molar-refractivity contribution >= 4 is 17.3 Å². The molecule has 1 aliphatic heterocycles. The molecule has 0 spiro atoms. The molecule has 1 aliphatic rings. The molecule has 3 rings (SSSR count). The number of hydrogen-bond acceptors (Lipinski definition) is 6. The van der Waals surface area contributed by atoms with Crippen LogP contribution in [0.1, 0.15) is 35.0 Å². The first-order valence-electron chi connectivity index (χ1n) is 8.12. The number of carbonyl (C=O) groups is 1. The van der Waals surface area contributed by atoms with E-state index in [1.807, 2.05) is 12.3 Å². The summed E-state index contributed by atoms with van der Waals surface area (Å²) in [5.74, 6) is 0.253. The second kappa shape index (κ2) is 7.77. The van der Waals surface area contributed by atoms with E-state index in [2.05, 4.69) is 11.9 Å². The van der Waals surface area contributed by atoms with Gasteiger partial charge in [0.05, 0.1) is 18.8 Å². The number of hydrogen-bond donors (Lipinski definition) is 0. The normalized spacial score (nSPS) is 17.0. The molecule has 1 saturated heterocycles. The maximum absolute atomic E-state index is 12.0. The lowest BCUT2D eigenvalue weighted by Gasteiger charge is -2.13. The first kappa shape index (κ1) is 16.9. The first-order valence-corrected chi connectivity index (χ1v) is 8.94. The van der Waals surface area contributed by atoms with Crippen LogP contribution in [0.5, 0.6) is 5.75 Å². The summed E-state index contributed by atoms with van der Waals surface area (Å²) in [5, 5.41) is 0.875. The van der Waals surface area contributed by atoms with Crippen LogP contribution in [0.25, 0.3) is 10.6 Å². The van der Waals surface area contributed by atoms with Crippen molar-refractivity contribution in [2.45, 2.75) is 32.3 Å². The molecular formula is C18H21NO4S. The molecule has 6 heteroatoms. The highest BCUT2D eigenvalue weighted by Crippen LogP contribution is 2.30. The molecule has 2 aromatic rings. The molecule has 0 bridgehead atoms. The quantitative estimate of drug-likeness (QED) is 0.746. The van der Waals surface area contributed by atoms with Gasteiger partial charge >= 0.3 is 5.97 Å². The van der Waals surface area contributed by atoms with E-state index in [0.717, 1.165) is 36.4 Å². The molecule has 24 heavy (non-hydrogen) atoms. The Bertz CT molecular complexity index is 707. The number of aryl methyl sites for hydroxylation is 1. The highest BCUT2D eigenvalue weighted by atomic mass is 32.1. The van der Waals surface area contributed by atoms with Crippen molar-refractivity contribution in [1.29, 1.82) is 0 Å². The fourth-order valence-corrected chi connectivity index (χ4v) is 3.45. The van der Waals surface area contributed by atoms with E-state index >= 15 is 0 Å². The van der Waals surface area contributed by atoms with Crippen molar-refractivity contribution in [1.82, 2.24) is 4.98 Å². The Kier molecular flexibility index (Phi) is 5.48. The van der Waals surface area contributed by atoms with Gasteiger partial charge in [0.1, 0.15) is 17.4 Å². The van der Waals surface area contributed by atoms with Gasteiger partial charge in [-0.25, -0.2) is 9.78 Å². The molecule has 0 aliphatic carbocycles. The summed E-state index contributed by atoms with van der Waals surface area (Å²) in [5.41, 5.74) is 1.33. The molecule has 1 aromatic heterocycles. The SMILES string of the molecule is CCc1cnc(-c2cc(OCC3CCCO3)cc(C(=O)OC)c2)s1. The number of nitrogens with zero attached hydrogens (tertiary/aromatic N) is 1. The predicted octanol–water partition coefficient (Wildman–Crippen LogP) is 3.72. The lowest BCUT2D eigenvalue weighted by atomic mass is 10.1. The van der Waals surface area contributed by atoms with E-state index in [1.54, 1.807) is 23.5 Å². The topological polar surface area (TPSA) is 57.7 Å². The second-order valence-electron chi connectivity index (χ2n) is 5.67. The first-order chi connectivity index (χ1) is 11.7. The van der Waals surface area contributed by atoms with Crippen LogP contribution in [0.2, 0.25) is 0 Å². The van der Waals surface area contributed by atoms with E-state index in [4.69, 9.17) is 14.2 Å². The van der Waals surface area contributed by atoms with Crippen LogP contribution >= 0.6 is 11.3 Å². The average molecular weight is 347 g/mol. The maximum Gasteiger partial charge on any atom is 0.338 e. The molecular weight excluding hydrogens is 326 g/mol. The molecule has 0 amide bonds. The number of esters is 1. The largest absolute Gasteiger partial charge is 0.491 e. The fraction of sp³-hybridized carbons (Fsp3) is 0.444. The Morgan fingerprint density at radius 1 is 1.42 bits per heavy atom. The standard InChI is InChI=1S/C18H21NO4S/c1-3-16-10-19-17(24-16)12-7-13(18(20)21-2)9-15(8-12)23-11-14-5-4-6-22-14/h7-10,14H,3-6,11H2,1-2H3. The highest BCUT2D eigenvalue weighted by molar-refractivity contribution is 7.15. The fourth-order valence-electron chi connectivity index (χ4n) is 2.61. The zero-order valence-corrected chi connectivity index (χ0v) is 14.7. The summed E-state index contributed by atoms with van der Waals surface area (Å²) in [7, 11) is 1.38. The summed E-state index contributed by atoms with van der Waals surface area (Å²) in [6, 6.07) is 5.42. The molecule has 1 fully saturated rings. The zero-order chi connectivity index (χ0) is 16.9. The lowest BCUT2D eigenvalue weighted by Crippen LogP contribution is -2.16. The van der Waals surface area contributed by atoms with Gasteiger partial charge < -0.3 is 14.2 Å². The van der Waals surface area contributed by atoms with E-state index < -0.39 is 0 Å². The predicted molar refractivity (Wildman–Crippen MR) is 92.7 cm³/mol. The van der Waals surface area contributed by atoms with Crippen LogP contribution in [0.3, 0.4) is 0 Å². The van der Waals surface area contributed by atoms with E-state index in [-0.39, 0.29) is 12.1 Å². The number of carbonyl (C=O) groups excluding carboxylic acids is 1. The Balaban J connectivity index is 1.86. The minimum Gasteiger partial charge on any atom is -0.491 e. The van der Waals surface area contributed by atoms with E-state index in [1.165, 1.54) is 12.0 Å². The maximum atomic E-state index is 12.0. The highest BCUT2D eigenvalue weighted by Gasteiger charge is 2.18. The molecule has 1 aromatic carbocycles. The number of thiazole rings is 1.